The van der Waals surface area contributed by atoms with Gasteiger partial charge in [-0.1, -0.05) is 55.0 Å². The summed E-state index contributed by atoms with van der Waals surface area (Å²) in [5.41, 5.74) is 2.82. The van der Waals surface area contributed by atoms with Crippen molar-refractivity contribution in [3.8, 4) is 0 Å². The molecule has 0 bridgehead atoms. The van der Waals surface area contributed by atoms with Gasteiger partial charge in [0.15, 0.2) is 0 Å². The molecule has 3 aromatic rings. The fourth-order valence-electron chi connectivity index (χ4n) is 3.04. The van der Waals surface area contributed by atoms with E-state index < -0.39 is 0 Å². The third kappa shape index (κ3) is 7.44. The highest BCUT2D eigenvalue weighted by Gasteiger charge is 2.06. The van der Waals surface area contributed by atoms with Crippen LogP contribution in [0.25, 0.3) is 0 Å². The molecule has 30 heavy (non-hydrogen) atoms. The summed E-state index contributed by atoms with van der Waals surface area (Å²) in [6.07, 6.45) is 3.89. The fourth-order valence-corrected chi connectivity index (χ4v) is 3.87. The molecule has 0 aliphatic heterocycles. The van der Waals surface area contributed by atoms with Crippen LogP contribution in [0.5, 0.6) is 0 Å². The van der Waals surface area contributed by atoms with Crippen LogP contribution in [0.4, 0.5) is 0 Å². The van der Waals surface area contributed by atoms with Gasteiger partial charge in [0.25, 0.3) is 5.91 Å². The molecule has 0 spiro atoms. The van der Waals surface area contributed by atoms with Gasteiger partial charge in [0.05, 0.1) is 17.2 Å². The summed E-state index contributed by atoms with van der Waals surface area (Å²) in [6.45, 7) is 1.09. The average Bonchev–Trinajstić information content (AvgIpc) is 3.23. The zero-order valence-corrected chi connectivity index (χ0v) is 17.8. The number of hydrogen-bond acceptors (Lipinski definition) is 4. The molecule has 2 N–H and O–H groups in total. The van der Waals surface area contributed by atoms with Gasteiger partial charge in [0.2, 0.25) is 5.91 Å². The first-order valence-corrected chi connectivity index (χ1v) is 11.2. The van der Waals surface area contributed by atoms with Gasteiger partial charge in [-0.25, -0.2) is 4.98 Å². The Hall–Kier alpha value is -2.99. The van der Waals surface area contributed by atoms with Gasteiger partial charge in [-0.2, -0.15) is 0 Å². The number of aromatic nitrogens is 1. The first kappa shape index (κ1) is 21.7. The number of nitrogens with one attached hydrogen (secondary N) is 2. The molecule has 0 aliphatic rings. The Balaban J connectivity index is 1.25. The largest absolute Gasteiger partial charge is 0.352 e. The molecule has 3 rings (SSSR count). The van der Waals surface area contributed by atoms with Crippen molar-refractivity contribution in [2.24, 2.45) is 0 Å². The maximum atomic E-state index is 12.0. The lowest BCUT2D eigenvalue weighted by molar-refractivity contribution is -0.121. The highest BCUT2D eigenvalue weighted by molar-refractivity contribution is 7.09. The van der Waals surface area contributed by atoms with Crippen molar-refractivity contribution in [1.82, 2.24) is 15.6 Å². The van der Waals surface area contributed by atoms with Crippen LogP contribution in [0.15, 0.2) is 66.0 Å². The number of nitrogens with zero attached hydrogens (tertiary/aromatic N) is 1. The van der Waals surface area contributed by atoms with E-state index in [-0.39, 0.29) is 11.8 Å². The molecule has 0 atom stereocenters. The zero-order chi connectivity index (χ0) is 21.0. The molecule has 2 amide bonds. The lowest BCUT2D eigenvalue weighted by Gasteiger charge is -2.06. The second kappa shape index (κ2) is 11.9. The highest BCUT2D eigenvalue weighted by atomic mass is 32.1. The fraction of sp³-hybridized carbons (Fsp3) is 0.292. The smallest absolute Gasteiger partial charge is 0.251 e. The number of rotatable bonds is 11. The number of unbranched alkanes of at least 4 members (excludes halogenated alkanes) is 2. The maximum Gasteiger partial charge on any atom is 0.251 e. The van der Waals surface area contributed by atoms with Gasteiger partial charge in [0.1, 0.15) is 0 Å². The van der Waals surface area contributed by atoms with Crippen LogP contribution in [0.3, 0.4) is 0 Å². The van der Waals surface area contributed by atoms with E-state index in [4.69, 9.17) is 0 Å². The van der Waals surface area contributed by atoms with E-state index in [0.29, 0.717) is 25.1 Å². The zero-order valence-electron chi connectivity index (χ0n) is 17.0. The summed E-state index contributed by atoms with van der Waals surface area (Å²) in [5, 5.41) is 8.92. The van der Waals surface area contributed by atoms with Crippen molar-refractivity contribution < 1.29 is 9.59 Å². The molecule has 5 nitrogen and oxygen atoms in total. The molecule has 156 valence electrons. The maximum absolute atomic E-state index is 12.0. The monoisotopic (exact) mass is 421 g/mol. The molecule has 0 saturated heterocycles. The Kier molecular flexibility index (Phi) is 8.60. The number of benzene rings is 2. The predicted molar refractivity (Wildman–Crippen MR) is 120 cm³/mol. The lowest BCUT2D eigenvalue weighted by Crippen LogP contribution is -2.24. The van der Waals surface area contributed by atoms with Crippen LogP contribution in [-0.4, -0.2) is 23.3 Å². The van der Waals surface area contributed by atoms with Crippen molar-refractivity contribution in [1.29, 1.82) is 0 Å². The highest BCUT2D eigenvalue weighted by Crippen LogP contribution is 2.14. The Bertz CT molecular complexity index is 926. The third-order valence-corrected chi connectivity index (χ3v) is 5.56. The molecule has 0 saturated carbocycles. The van der Waals surface area contributed by atoms with Crippen LogP contribution in [0, 0.1) is 0 Å². The Morgan fingerprint density at radius 1 is 0.867 bits per heavy atom. The number of thiazole rings is 1. The number of hydrogen-bond donors (Lipinski definition) is 2. The van der Waals surface area contributed by atoms with E-state index in [2.05, 4.69) is 27.8 Å². The molecule has 1 aromatic heterocycles. The molecule has 0 aliphatic carbocycles. The van der Waals surface area contributed by atoms with E-state index in [1.807, 2.05) is 41.8 Å². The summed E-state index contributed by atoms with van der Waals surface area (Å²) in [6, 6.07) is 19.4. The molecule has 0 radical (unpaired) electrons. The Labute approximate surface area is 181 Å². The van der Waals surface area contributed by atoms with Gasteiger partial charge in [-0.3, -0.25) is 9.59 Å². The van der Waals surface area contributed by atoms with Crippen molar-refractivity contribution >= 4 is 23.2 Å². The topological polar surface area (TPSA) is 71.1 Å². The summed E-state index contributed by atoms with van der Waals surface area (Å²) in [5.74, 6) is -0.0100. The van der Waals surface area contributed by atoms with Crippen LogP contribution in [-0.2, 0) is 17.8 Å². The van der Waals surface area contributed by atoms with Crippen LogP contribution in [0.1, 0.15) is 52.3 Å². The van der Waals surface area contributed by atoms with Crippen molar-refractivity contribution in [3.63, 3.8) is 0 Å². The van der Waals surface area contributed by atoms with Crippen molar-refractivity contribution in [2.45, 2.75) is 38.6 Å². The molecule has 1 heterocycles. The first-order valence-electron chi connectivity index (χ1n) is 10.3. The quantitative estimate of drug-likeness (QED) is 0.453. The van der Waals surface area contributed by atoms with Crippen molar-refractivity contribution in [3.05, 3.63) is 87.9 Å². The lowest BCUT2D eigenvalue weighted by atomic mass is 10.1. The summed E-state index contributed by atoms with van der Waals surface area (Å²) in [7, 11) is 0. The minimum Gasteiger partial charge on any atom is -0.352 e. The van der Waals surface area contributed by atoms with Gasteiger partial charge < -0.3 is 10.6 Å². The van der Waals surface area contributed by atoms with Gasteiger partial charge in [-0.05, 0) is 30.5 Å². The first-order chi connectivity index (χ1) is 14.7. The van der Waals surface area contributed by atoms with E-state index in [1.165, 1.54) is 5.56 Å². The molecular weight excluding hydrogens is 394 g/mol. The minimum absolute atomic E-state index is 0.0425. The van der Waals surface area contributed by atoms with Gasteiger partial charge in [0, 0.05) is 30.3 Å². The normalized spacial score (nSPS) is 10.5. The molecule has 2 aromatic carbocycles. The summed E-state index contributed by atoms with van der Waals surface area (Å²) >= 11 is 1.63. The average molecular weight is 422 g/mol. The van der Waals surface area contributed by atoms with Crippen molar-refractivity contribution in [2.75, 3.05) is 6.54 Å². The Morgan fingerprint density at radius 2 is 1.60 bits per heavy atom. The number of amides is 2. The Morgan fingerprint density at radius 3 is 2.37 bits per heavy atom. The van der Waals surface area contributed by atoms with E-state index in [9.17, 15) is 9.59 Å². The third-order valence-electron chi connectivity index (χ3n) is 4.67. The summed E-state index contributed by atoms with van der Waals surface area (Å²) < 4.78 is 0. The van der Waals surface area contributed by atoms with Crippen LogP contribution in [0.2, 0.25) is 0 Å². The second-order valence-electron chi connectivity index (χ2n) is 7.10. The number of carbonyl (C=O) groups is 2. The standard InChI is InChI=1S/C24H27N3O2S/c28-22(14-8-3-9-15-25-24(29)20-12-6-2-7-13-20)26-17-21-18-30-23(27-21)16-19-10-4-1-5-11-19/h1-2,4-7,10-13,18H,3,8-9,14-17H2,(H,25,29)(H,26,28). The summed E-state index contributed by atoms with van der Waals surface area (Å²) in [4.78, 5) is 28.6. The van der Waals surface area contributed by atoms with Crippen LogP contribution >= 0.6 is 11.3 Å². The molecule has 0 unspecified atom stereocenters. The second-order valence-corrected chi connectivity index (χ2v) is 8.05. The SMILES string of the molecule is O=C(CCCCCNC(=O)c1ccccc1)NCc1csc(Cc2ccccc2)n1. The molecular formula is C24H27N3O2S. The van der Waals surface area contributed by atoms with E-state index in [0.717, 1.165) is 36.4 Å². The van der Waals surface area contributed by atoms with E-state index in [1.54, 1.807) is 23.5 Å². The van der Waals surface area contributed by atoms with Gasteiger partial charge >= 0.3 is 0 Å². The number of carbonyl (C=O) groups excluding carboxylic acids is 2. The minimum atomic E-state index is -0.0526. The predicted octanol–water partition coefficient (Wildman–Crippen LogP) is 4.34. The molecule has 6 heteroatoms. The van der Waals surface area contributed by atoms with Crippen LogP contribution < -0.4 is 10.6 Å². The van der Waals surface area contributed by atoms with E-state index >= 15 is 0 Å². The molecule has 0 fully saturated rings. The van der Waals surface area contributed by atoms with Gasteiger partial charge in [-0.15, -0.1) is 11.3 Å².